The van der Waals surface area contributed by atoms with Crippen LogP contribution in [0, 0.1) is 29.1 Å². The van der Waals surface area contributed by atoms with Crippen molar-refractivity contribution in [1.82, 2.24) is 5.32 Å². The summed E-state index contributed by atoms with van der Waals surface area (Å²) < 4.78 is 0. The van der Waals surface area contributed by atoms with Crippen LogP contribution >= 0.6 is 0 Å². The highest BCUT2D eigenvalue weighted by atomic mass is 14.9. The van der Waals surface area contributed by atoms with Crippen molar-refractivity contribution in [2.45, 2.75) is 65.2 Å². The van der Waals surface area contributed by atoms with Gasteiger partial charge in [0, 0.05) is 0 Å². The molecule has 1 aliphatic heterocycles. The number of hydrogen-bond donors (Lipinski definition) is 1. The van der Waals surface area contributed by atoms with Gasteiger partial charge < -0.3 is 5.32 Å². The Kier molecular flexibility index (Phi) is 3.71. The minimum atomic E-state index is 0.720. The van der Waals surface area contributed by atoms with E-state index in [1.54, 1.807) is 0 Å². The van der Waals surface area contributed by atoms with Gasteiger partial charge in [0.05, 0.1) is 0 Å². The van der Waals surface area contributed by atoms with Gasteiger partial charge in [-0.1, -0.05) is 39.5 Å². The predicted octanol–water partition coefficient (Wildman–Crippen LogP) is 4.23. The molecule has 1 nitrogen and oxygen atoms in total. The Balaban J connectivity index is 1.80. The van der Waals surface area contributed by atoms with Gasteiger partial charge in [0.1, 0.15) is 0 Å². The van der Waals surface area contributed by atoms with E-state index in [9.17, 15) is 0 Å². The maximum atomic E-state index is 3.71. The molecule has 2 saturated carbocycles. The molecule has 0 aromatic heterocycles. The lowest BCUT2D eigenvalue weighted by molar-refractivity contribution is -0.0142. The molecule has 0 bridgehead atoms. The van der Waals surface area contributed by atoms with Crippen molar-refractivity contribution in [3.05, 3.63) is 0 Å². The van der Waals surface area contributed by atoms with Crippen molar-refractivity contribution in [2.24, 2.45) is 29.1 Å². The predicted molar refractivity (Wildman–Crippen MR) is 77.5 cm³/mol. The molecule has 1 saturated heterocycles. The van der Waals surface area contributed by atoms with Crippen LogP contribution in [0.5, 0.6) is 0 Å². The first-order valence-electron chi connectivity index (χ1n) is 8.40. The topological polar surface area (TPSA) is 12.0 Å². The van der Waals surface area contributed by atoms with Crippen LogP contribution in [0.2, 0.25) is 0 Å². The molecule has 3 atom stereocenters. The third-order valence-electron chi connectivity index (χ3n) is 6.23. The lowest BCUT2D eigenvalue weighted by Crippen LogP contribution is -2.51. The zero-order chi connectivity index (χ0) is 12.6. The summed E-state index contributed by atoms with van der Waals surface area (Å²) in [4.78, 5) is 0. The number of nitrogens with one attached hydrogen (secondary N) is 1. The van der Waals surface area contributed by atoms with Crippen LogP contribution in [0.4, 0.5) is 0 Å². The first-order chi connectivity index (χ1) is 8.70. The Labute approximate surface area is 113 Å². The monoisotopic (exact) mass is 249 g/mol. The van der Waals surface area contributed by atoms with Gasteiger partial charge in [-0.15, -0.1) is 0 Å². The van der Waals surface area contributed by atoms with Crippen molar-refractivity contribution >= 4 is 0 Å². The number of piperidine rings is 1. The highest BCUT2D eigenvalue weighted by Gasteiger charge is 2.47. The van der Waals surface area contributed by atoms with Gasteiger partial charge in [-0.25, -0.2) is 0 Å². The summed E-state index contributed by atoms with van der Waals surface area (Å²) >= 11 is 0. The lowest BCUT2D eigenvalue weighted by Gasteiger charge is -2.53. The lowest BCUT2D eigenvalue weighted by atomic mass is 9.55. The van der Waals surface area contributed by atoms with Gasteiger partial charge in [-0.3, -0.25) is 0 Å². The quantitative estimate of drug-likeness (QED) is 0.733. The highest BCUT2D eigenvalue weighted by Crippen LogP contribution is 2.54. The summed E-state index contributed by atoms with van der Waals surface area (Å²) in [6.07, 6.45) is 12.0. The molecule has 1 heterocycles. The van der Waals surface area contributed by atoms with Crippen LogP contribution in [0.15, 0.2) is 0 Å². The van der Waals surface area contributed by atoms with E-state index in [1.165, 1.54) is 64.5 Å². The fourth-order valence-corrected chi connectivity index (χ4v) is 5.85. The van der Waals surface area contributed by atoms with E-state index in [1.807, 2.05) is 0 Å². The number of rotatable bonds is 1. The summed E-state index contributed by atoms with van der Waals surface area (Å²) in [5.74, 6) is 3.99. The van der Waals surface area contributed by atoms with E-state index in [-0.39, 0.29) is 0 Å². The smallest absolute Gasteiger partial charge is 0.00125 e. The van der Waals surface area contributed by atoms with Crippen LogP contribution in [0.25, 0.3) is 0 Å². The van der Waals surface area contributed by atoms with Crippen molar-refractivity contribution in [2.75, 3.05) is 13.1 Å². The summed E-state index contributed by atoms with van der Waals surface area (Å²) in [5.41, 5.74) is 0.720. The van der Waals surface area contributed by atoms with Crippen LogP contribution < -0.4 is 5.32 Å². The molecule has 3 unspecified atom stereocenters. The maximum absolute atomic E-state index is 3.71. The summed E-state index contributed by atoms with van der Waals surface area (Å²) in [6, 6.07) is 0. The van der Waals surface area contributed by atoms with E-state index in [2.05, 4.69) is 19.2 Å². The van der Waals surface area contributed by atoms with Gasteiger partial charge >= 0.3 is 0 Å². The van der Waals surface area contributed by atoms with Crippen molar-refractivity contribution in [3.63, 3.8) is 0 Å². The fourth-order valence-electron chi connectivity index (χ4n) is 5.85. The van der Waals surface area contributed by atoms with E-state index >= 15 is 0 Å². The second kappa shape index (κ2) is 5.15. The highest BCUT2D eigenvalue weighted by molar-refractivity contribution is 4.99. The average Bonchev–Trinajstić information content (AvgIpc) is 2.81. The van der Waals surface area contributed by atoms with Gasteiger partial charge in [0.2, 0.25) is 0 Å². The van der Waals surface area contributed by atoms with Crippen LogP contribution in [0.3, 0.4) is 0 Å². The molecule has 0 aromatic carbocycles. The Morgan fingerprint density at radius 2 is 1.67 bits per heavy atom. The van der Waals surface area contributed by atoms with E-state index < -0.39 is 0 Å². The van der Waals surface area contributed by atoms with E-state index in [0.717, 1.165) is 29.1 Å². The Hall–Kier alpha value is -0.0400. The second-order valence-electron chi connectivity index (χ2n) is 7.82. The van der Waals surface area contributed by atoms with Crippen LogP contribution in [0.1, 0.15) is 65.2 Å². The van der Waals surface area contributed by atoms with Gasteiger partial charge in [-0.05, 0) is 67.9 Å². The molecule has 1 N–H and O–H groups in total. The molecule has 18 heavy (non-hydrogen) atoms. The summed E-state index contributed by atoms with van der Waals surface area (Å²) in [6.45, 7) is 7.61. The Morgan fingerprint density at radius 3 is 2.33 bits per heavy atom. The minimum absolute atomic E-state index is 0.720. The van der Waals surface area contributed by atoms with Crippen LogP contribution in [-0.2, 0) is 0 Å². The maximum Gasteiger partial charge on any atom is -0.00125 e. The van der Waals surface area contributed by atoms with Gasteiger partial charge in [0.15, 0.2) is 0 Å². The van der Waals surface area contributed by atoms with Crippen molar-refractivity contribution in [1.29, 1.82) is 0 Å². The van der Waals surface area contributed by atoms with Crippen LogP contribution in [-0.4, -0.2) is 13.1 Å². The third kappa shape index (κ3) is 2.35. The second-order valence-corrected chi connectivity index (χ2v) is 7.82. The third-order valence-corrected chi connectivity index (χ3v) is 6.23. The van der Waals surface area contributed by atoms with Crippen molar-refractivity contribution < 1.29 is 0 Å². The zero-order valence-corrected chi connectivity index (χ0v) is 12.4. The molecule has 3 aliphatic rings. The molecular weight excluding hydrogens is 218 g/mol. The van der Waals surface area contributed by atoms with E-state index in [4.69, 9.17) is 0 Å². The number of hydrogen-bond acceptors (Lipinski definition) is 1. The molecule has 0 radical (unpaired) electrons. The largest absolute Gasteiger partial charge is 0.316 e. The Morgan fingerprint density at radius 1 is 1.00 bits per heavy atom. The molecule has 104 valence electrons. The zero-order valence-electron chi connectivity index (χ0n) is 12.4. The first-order valence-corrected chi connectivity index (χ1v) is 8.40. The van der Waals surface area contributed by atoms with Gasteiger partial charge in [-0.2, -0.15) is 0 Å². The van der Waals surface area contributed by atoms with Crippen molar-refractivity contribution in [3.8, 4) is 0 Å². The summed E-state index contributed by atoms with van der Waals surface area (Å²) in [7, 11) is 0. The summed E-state index contributed by atoms with van der Waals surface area (Å²) in [5, 5.41) is 3.71. The molecule has 3 rings (SSSR count). The Bertz CT molecular complexity index is 269. The molecular formula is C17H31N. The SMILES string of the molecule is CC1CC(C)CC2(CCNCC2C2CCCC2)C1. The minimum Gasteiger partial charge on any atom is -0.316 e. The average molecular weight is 249 g/mol. The molecule has 0 amide bonds. The molecule has 2 aliphatic carbocycles. The first kappa shape index (κ1) is 13.0. The standard InChI is InChI=1S/C17H31N/c1-13-9-14(2)11-17(10-13)7-8-18-12-16(17)15-5-3-4-6-15/h13-16,18H,3-12H2,1-2H3. The normalized spacial score (nSPS) is 46.7. The molecule has 1 spiro atoms. The molecule has 0 aromatic rings. The molecule has 3 fully saturated rings. The van der Waals surface area contributed by atoms with E-state index in [0.29, 0.717) is 0 Å². The fraction of sp³-hybridized carbons (Fsp3) is 1.00. The molecule has 1 heteroatoms. The van der Waals surface area contributed by atoms with Gasteiger partial charge in [0.25, 0.3) is 0 Å².